The van der Waals surface area contributed by atoms with Gasteiger partial charge in [0.25, 0.3) is 0 Å². The van der Waals surface area contributed by atoms with Crippen LogP contribution in [0.15, 0.2) is 91.3 Å². The van der Waals surface area contributed by atoms with Gasteiger partial charge in [-0.1, -0.05) is 36.4 Å². The van der Waals surface area contributed by atoms with Gasteiger partial charge in [-0.25, -0.2) is 0 Å². The number of piperazine rings is 1. The molecule has 0 bridgehead atoms. The largest absolute Gasteiger partial charge is 0.508 e. The zero-order chi connectivity index (χ0) is 24.2. The lowest BCUT2D eigenvalue weighted by Crippen LogP contribution is -2.46. The van der Waals surface area contributed by atoms with Crippen molar-refractivity contribution in [3.63, 3.8) is 0 Å². The smallest absolute Gasteiger partial charge is 0.115 e. The Morgan fingerprint density at radius 3 is 2.03 bits per heavy atom. The SMILES string of the molecule is Cc1cccc(N2CCN(Cc3ccncc3C(c3ccc(O)cc3)c3ccc(O)cc3)CC2)c1. The fourth-order valence-electron chi connectivity index (χ4n) is 4.95. The Morgan fingerprint density at radius 1 is 0.800 bits per heavy atom. The van der Waals surface area contributed by atoms with Crippen molar-refractivity contribution >= 4 is 5.69 Å². The highest BCUT2D eigenvalue weighted by Gasteiger charge is 2.23. The summed E-state index contributed by atoms with van der Waals surface area (Å²) in [6.45, 7) is 7.00. The van der Waals surface area contributed by atoms with Crippen molar-refractivity contribution in [3.05, 3.63) is 119 Å². The van der Waals surface area contributed by atoms with E-state index in [2.05, 4.69) is 52.0 Å². The van der Waals surface area contributed by atoms with Crippen molar-refractivity contribution in [2.75, 3.05) is 31.1 Å². The standard InChI is InChI=1S/C30H31N3O2/c1-22-3-2-4-26(19-22)33-17-15-32(16-18-33)21-25-13-14-31-20-29(25)30(23-5-9-27(34)10-6-23)24-7-11-28(35)12-8-24/h2-14,19-20,30,34-35H,15-18,21H2,1H3. The van der Waals surface area contributed by atoms with Gasteiger partial charge in [-0.05, 0) is 77.2 Å². The molecule has 2 N–H and O–H groups in total. The van der Waals surface area contributed by atoms with Crippen molar-refractivity contribution < 1.29 is 10.2 Å². The summed E-state index contributed by atoms with van der Waals surface area (Å²) >= 11 is 0. The van der Waals surface area contributed by atoms with Crippen molar-refractivity contribution in [2.45, 2.75) is 19.4 Å². The van der Waals surface area contributed by atoms with Gasteiger partial charge in [-0.2, -0.15) is 0 Å². The predicted molar refractivity (Wildman–Crippen MR) is 140 cm³/mol. The Labute approximate surface area is 206 Å². The third-order valence-corrected chi connectivity index (χ3v) is 6.84. The molecule has 4 aromatic rings. The van der Waals surface area contributed by atoms with Crippen molar-refractivity contribution in [2.24, 2.45) is 0 Å². The second-order valence-corrected chi connectivity index (χ2v) is 9.29. The Kier molecular flexibility index (Phi) is 6.68. The maximum atomic E-state index is 9.85. The van der Waals surface area contributed by atoms with Crippen LogP contribution < -0.4 is 4.90 Å². The third-order valence-electron chi connectivity index (χ3n) is 6.84. The zero-order valence-corrected chi connectivity index (χ0v) is 20.0. The molecule has 3 aromatic carbocycles. The zero-order valence-electron chi connectivity index (χ0n) is 20.0. The van der Waals surface area contributed by atoms with E-state index in [1.807, 2.05) is 36.7 Å². The van der Waals surface area contributed by atoms with Crippen LogP contribution in [-0.4, -0.2) is 46.3 Å². The second-order valence-electron chi connectivity index (χ2n) is 9.29. The van der Waals surface area contributed by atoms with Gasteiger partial charge < -0.3 is 15.1 Å². The van der Waals surface area contributed by atoms with Gasteiger partial charge in [-0.3, -0.25) is 9.88 Å². The third kappa shape index (κ3) is 5.31. The van der Waals surface area contributed by atoms with Crippen LogP contribution in [0.5, 0.6) is 11.5 Å². The van der Waals surface area contributed by atoms with Gasteiger partial charge in [0.2, 0.25) is 0 Å². The quantitative estimate of drug-likeness (QED) is 0.404. The molecule has 0 saturated carbocycles. The van der Waals surface area contributed by atoms with Crippen molar-refractivity contribution in [1.82, 2.24) is 9.88 Å². The van der Waals surface area contributed by atoms with E-state index >= 15 is 0 Å². The molecule has 1 aromatic heterocycles. The normalized spacial score (nSPS) is 14.4. The summed E-state index contributed by atoms with van der Waals surface area (Å²) in [5, 5.41) is 19.7. The molecule has 1 aliphatic heterocycles. The molecule has 2 heterocycles. The number of aromatic nitrogens is 1. The molecule has 0 unspecified atom stereocenters. The van der Waals surface area contributed by atoms with E-state index in [0.29, 0.717) is 0 Å². The summed E-state index contributed by atoms with van der Waals surface area (Å²) in [6.07, 6.45) is 3.83. The molecule has 1 saturated heterocycles. The van der Waals surface area contributed by atoms with Crippen molar-refractivity contribution in [1.29, 1.82) is 0 Å². The highest BCUT2D eigenvalue weighted by molar-refractivity contribution is 5.49. The minimum absolute atomic E-state index is 0.0477. The van der Waals surface area contributed by atoms with Crippen LogP contribution in [0.4, 0.5) is 5.69 Å². The highest BCUT2D eigenvalue weighted by atomic mass is 16.3. The highest BCUT2D eigenvalue weighted by Crippen LogP contribution is 2.35. The predicted octanol–water partition coefficient (Wildman–Crippen LogP) is 5.30. The van der Waals surface area contributed by atoms with Gasteiger partial charge in [0, 0.05) is 56.7 Å². The Morgan fingerprint density at radius 2 is 1.43 bits per heavy atom. The molecule has 5 nitrogen and oxygen atoms in total. The molecule has 0 spiro atoms. The number of anilines is 1. The average molecular weight is 466 g/mol. The minimum atomic E-state index is -0.0477. The van der Waals surface area contributed by atoms with Crippen LogP contribution in [-0.2, 0) is 6.54 Å². The van der Waals surface area contributed by atoms with E-state index in [1.54, 1.807) is 24.3 Å². The van der Waals surface area contributed by atoms with Crippen LogP contribution in [0.25, 0.3) is 0 Å². The minimum Gasteiger partial charge on any atom is -0.508 e. The first-order valence-electron chi connectivity index (χ1n) is 12.1. The van der Waals surface area contributed by atoms with Gasteiger partial charge in [0.15, 0.2) is 0 Å². The average Bonchev–Trinajstić information content (AvgIpc) is 2.88. The molecule has 0 aliphatic carbocycles. The Bertz CT molecular complexity index is 1220. The maximum absolute atomic E-state index is 9.85. The molecule has 1 fully saturated rings. The first-order chi connectivity index (χ1) is 17.1. The molecule has 35 heavy (non-hydrogen) atoms. The number of nitrogens with zero attached hydrogens (tertiary/aromatic N) is 3. The monoisotopic (exact) mass is 465 g/mol. The summed E-state index contributed by atoms with van der Waals surface area (Å²) in [7, 11) is 0. The summed E-state index contributed by atoms with van der Waals surface area (Å²) in [4.78, 5) is 9.45. The number of benzene rings is 3. The van der Waals surface area contributed by atoms with Gasteiger partial charge in [0.05, 0.1) is 0 Å². The Hall–Kier alpha value is -3.83. The van der Waals surface area contributed by atoms with Gasteiger partial charge in [-0.15, -0.1) is 0 Å². The summed E-state index contributed by atoms with van der Waals surface area (Å²) in [6, 6.07) is 25.6. The number of hydrogen-bond donors (Lipinski definition) is 2. The van der Waals surface area contributed by atoms with Crippen LogP contribution >= 0.6 is 0 Å². The number of hydrogen-bond acceptors (Lipinski definition) is 5. The Balaban J connectivity index is 1.40. The molecule has 5 rings (SSSR count). The van der Waals surface area contributed by atoms with E-state index in [9.17, 15) is 10.2 Å². The molecule has 0 amide bonds. The van der Waals surface area contributed by atoms with Crippen LogP contribution in [0.2, 0.25) is 0 Å². The molecule has 0 radical (unpaired) electrons. The lowest BCUT2D eigenvalue weighted by molar-refractivity contribution is 0.249. The molecular formula is C30H31N3O2. The summed E-state index contributed by atoms with van der Waals surface area (Å²) < 4.78 is 0. The fourth-order valence-corrected chi connectivity index (χ4v) is 4.95. The van der Waals surface area contributed by atoms with E-state index in [0.717, 1.165) is 49.4 Å². The van der Waals surface area contributed by atoms with Crippen LogP contribution in [0.3, 0.4) is 0 Å². The molecular weight excluding hydrogens is 434 g/mol. The number of pyridine rings is 1. The lowest BCUT2D eigenvalue weighted by atomic mass is 9.83. The number of aromatic hydroxyl groups is 2. The van der Waals surface area contributed by atoms with E-state index < -0.39 is 0 Å². The maximum Gasteiger partial charge on any atom is 0.115 e. The van der Waals surface area contributed by atoms with Gasteiger partial charge in [0.1, 0.15) is 11.5 Å². The van der Waals surface area contributed by atoms with Gasteiger partial charge >= 0.3 is 0 Å². The topological polar surface area (TPSA) is 59.8 Å². The molecule has 1 aliphatic rings. The first kappa shape index (κ1) is 22.9. The lowest BCUT2D eigenvalue weighted by Gasteiger charge is -2.36. The van der Waals surface area contributed by atoms with Crippen LogP contribution in [0, 0.1) is 6.92 Å². The van der Waals surface area contributed by atoms with E-state index in [4.69, 9.17) is 0 Å². The number of phenolic OH excluding ortho intramolecular Hbond substituents is 2. The number of aryl methyl sites for hydroxylation is 1. The summed E-state index contributed by atoms with van der Waals surface area (Å²) in [5.74, 6) is 0.445. The molecule has 5 heteroatoms. The summed E-state index contributed by atoms with van der Waals surface area (Å²) in [5.41, 5.74) is 7.13. The number of rotatable bonds is 6. The second kappa shape index (κ2) is 10.2. The number of phenols is 2. The van der Waals surface area contributed by atoms with E-state index in [-0.39, 0.29) is 17.4 Å². The first-order valence-corrected chi connectivity index (χ1v) is 12.1. The van der Waals surface area contributed by atoms with E-state index in [1.165, 1.54) is 16.8 Å². The molecule has 178 valence electrons. The fraction of sp³-hybridized carbons (Fsp3) is 0.233. The van der Waals surface area contributed by atoms with Crippen molar-refractivity contribution in [3.8, 4) is 11.5 Å². The molecule has 0 atom stereocenters. The van der Waals surface area contributed by atoms with Crippen LogP contribution in [0.1, 0.15) is 33.7 Å².